The van der Waals surface area contributed by atoms with E-state index >= 15 is 0 Å². The van der Waals surface area contributed by atoms with Crippen LogP contribution in [0.4, 0.5) is 0 Å². The van der Waals surface area contributed by atoms with Gasteiger partial charge in [0.1, 0.15) is 0 Å². The minimum Gasteiger partial charge on any atom is -0.374 e. The zero-order valence-corrected chi connectivity index (χ0v) is 14.2. The van der Waals surface area contributed by atoms with Crippen LogP contribution < -0.4 is 16.0 Å². The predicted molar refractivity (Wildman–Crippen MR) is 90.3 cm³/mol. The number of nitrogens with one attached hydrogen (secondary N) is 3. The van der Waals surface area contributed by atoms with E-state index < -0.39 is 0 Å². The van der Waals surface area contributed by atoms with Crippen molar-refractivity contribution < 1.29 is 4.74 Å². The molecular weight excluding hydrogens is 294 g/mol. The predicted octanol–water partition coefficient (Wildman–Crippen LogP) is 0.828. The summed E-state index contributed by atoms with van der Waals surface area (Å²) in [5.74, 6) is 2.11. The van der Waals surface area contributed by atoms with E-state index in [2.05, 4.69) is 27.7 Å². The molecule has 5 atom stereocenters. The summed E-state index contributed by atoms with van der Waals surface area (Å²) < 4.78 is 6.46. The highest BCUT2D eigenvalue weighted by atomic mass is 32.2. The Labute approximate surface area is 137 Å². The molecule has 0 amide bonds. The van der Waals surface area contributed by atoms with Crippen LogP contribution in [0.5, 0.6) is 0 Å². The molecule has 5 aliphatic rings. The van der Waals surface area contributed by atoms with Crippen molar-refractivity contribution in [3.8, 4) is 0 Å². The molecule has 0 aromatic carbocycles. The Bertz CT molecular complexity index is 430. The Morgan fingerprint density at radius 2 is 1.86 bits per heavy atom. The van der Waals surface area contributed by atoms with Gasteiger partial charge in [0.15, 0.2) is 0 Å². The van der Waals surface area contributed by atoms with Gasteiger partial charge in [-0.3, -0.25) is 0 Å². The maximum absolute atomic E-state index is 6.46. The number of hydrogen-bond donors (Lipinski definition) is 3. The Morgan fingerprint density at radius 3 is 2.68 bits per heavy atom. The third kappa shape index (κ3) is 2.12. The van der Waals surface area contributed by atoms with E-state index in [9.17, 15) is 0 Å². The van der Waals surface area contributed by atoms with Gasteiger partial charge >= 0.3 is 0 Å². The minimum absolute atomic E-state index is 0.420. The van der Waals surface area contributed by atoms with E-state index in [1.807, 2.05) is 0 Å². The quantitative estimate of drug-likeness (QED) is 0.703. The fraction of sp³-hybridized carbons (Fsp3) is 1.00. The highest BCUT2D eigenvalue weighted by Crippen LogP contribution is 2.57. The van der Waals surface area contributed by atoms with Crippen LogP contribution in [0.3, 0.4) is 0 Å². The molecule has 2 spiro atoms. The van der Waals surface area contributed by atoms with Gasteiger partial charge in [0.05, 0.1) is 12.7 Å². The molecule has 1 saturated carbocycles. The molecule has 0 aromatic heterocycles. The number of morpholine rings is 1. The van der Waals surface area contributed by atoms with Crippen molar-refractivity contribution in [3.63, 3.8) is 0 Å². The third-order valence-electron chi connectivity index (χ3n) is 7.18. The van der Waals surface area contributed by atoms with Crippen LogP contribution in [-0.2, 0) is 4.74 Å². The second-order valence-corrected chi connectivity index (χ2v) is 9.50. The molecule has 5 rings (SSSR count). The molecular formula is C17H29N3OS. The maximum atomic E-state index is 6.46. The SMILES string of the molecule is C1CC2(CCSC2C2OCCNC2C2CNCC23CC3)CN1. The maximum Gasteiger partial charge on any atom is 0.0856 e. The van der Waals surface area contributed by atoms with E-state index in [1.165, 1.54) is 57.6 Å². The van der Waals surface area contributed by atoms with E-state index in [-0.39, 0.29) is 0 Å². The summed E-state index contributed by atoms with van der Waals surface area (Å²) in [5.41, 5.74) is 1.12. The van der Waals surface area contributed by atoms with Crippen LogP contribution in [0.15, 0.2) is 0 Å². The van der Waals surface area contributed by atoms with Gasteiger partial charge in [-0.15, -0.1) is 0 Å². The lowest BCUT2D eigenvalue weighted by atomic mass is 9.73. The van der Waals surface area contributed by atoms with E-state index in [4.69, 9.17) is 4.74 Å². The third-order valence-corrected chi connectivity index (χ3v) is 8.74. The molecule has 22 heavy (non-hydrogen) atoms. The molecule has 5 heteroatoms. The molecule has 5 unspecified atom stereocenters. The van der Waals surface area contributed by atoms with Crippen LogP contribution in [0.2, 0.25) is 0 Å². The molecule has 124 valence electrons. The largest absolute Gasteiger partial charge is 0.374 e. The summed E-state index contributed by atoms with van der Waals surface area (Å²) in [6.45, 7) is 6.79. The summed E-state index contributed by atoms with van der Waals surface area (Å²) in [4.78, 5) is 0. The van der Waals surface area contributed by atoms with E-state index in [0.717, 1.165) is 19.1 Å². The van der Waals surface area contributed by atoms with Crippen molar-refractivity contribution >= 4 is 11.8 Å². The zero-order valence-electron chi connectivity index (χ0n) is 13.4. The van der Waals surface area contributed by atoms with Crippen molar-refractivity contribution in [2.75, 3.05) is 45.1 Å². The number of thioether (sulfide) groups is 1. The topological polar surface area (TPSA) is 45.3 Å². The van der Waals surface area contributed by atoms with Crippen molar-refractivity contribution in [1.29, 1.82) is 0 Å². The van der Waals surface area contributed by atoms with Crippen LogP contribution >= 0.6 is 11.8 Å². The van der Waals surface area contributed by atoms with Crippen molar-refractivity contribution in [1.82, 2.24) is 16.0 Å². The standard InChI is InChI=1S/C17H29N3OS/c1-2-16(1)10-19-9-12(16)13-14(21-7-6-20-13)15-17(4-8-22-15)3-5-18-11-17/h12-15,18-20H,1-11H2. The van der Waals surface area contributed by atoms with E-state index in [1.54, 1.807) is 0 Å². The molecule has 5 fully saturated rings. The normalized spacial score (nSPS) is 50.2. The Hall–Kier alpha value is 0.190. The van der Waals surface area contributed by atoms with Crippen molar-refractivity contribution in [3.05, 3.63) is 0 Å². The minimum atomic E-state index is 0.420. The second kappa shape index (κ2) is 5.35. The second-order valence-electron chi connectivity index (χ2n) is 8.25. The Kier molecular flexibility index (Phi) is 3.53. The lowest BCUT2D eigenvalue weighted by molar-refractivity contribution is -0.0428. The smallest absolute Gasteiger partial charge is 0.0856 e. The van der Waals surface area contributed by atoms with Gasteiger partial charge in [0.25, 0.3) is 0 Å². The van der Waals surface area contributed by atoms with Crippen LogP contribution in [0.1, 0.15) is 25.7 Å². The molecule has 4 saturated heterocycles. The molecule has 4 nitrogen and oxygen atoms in total. The van der Waals surface area contributed by atoms with Gasteiger partial charge in [0.2, 0.25) is 0 Å². The molecule has 0 aromatic rings. The molecule has 4 aliphatic heterocycles. The van der Waals surface area contributed by atoms with Gasteiger partial charge < -0.3 is 20.7 Å². The summed E-state index contributed by atoms with van der Waals surface area (Å²) in [7, 11) is 0. The lowest BCUT2D eigenvalue weighted by Crippen LogP contribution is -2.60. The number of rotatable bonds is 2. The van der Waals surface area contributed by atoms with Gasteiger partial charge in [0, 0.05) is 37.5 Å². The first-order valence-electron chi connectivity index (χ1n) is 9.21. The fourth-order valence-corrected chi connectivity index (χ4v) is 7.59. The van der Waals surface area contributed by atoms with Crippen LogP contribution in [0.25, 0.3) is 0 Å². The lowest BCUT2D eigenvalue weighted by Gasteiger charge is -2.45. The monoisotopic (exact) mass is 323 g/mol. The van der Waals surface area contributed by atoms with Gasteiger partial charge in [-0.1, -0.05) is 0 Å². The molecule has 0 radical (unpaired) electrons. The number of hydrogen-bond acceptors (Lipinski definition) is 5. The van der Waals surface area contributed by atoms with Crippen molar-refractivity contribution in [2.45, 2.75) is 43.1 Å². The molecule has 1 aliphatic carbocycles. The molecule has 4 heterocycles. The average Bonchev–Trinajstić information content (AvgIpc) is 2.94. The highest BCUT2D eigenvalue weighted by molar-refractivity contribution is 8.00. The first kappa shape index (κ1) is 14.5. The van der Waals surface area contributed by atoms with Gasteiger partial charge in [-0.2, -0.15) is 11.8 Å². The average molecular weight is 324 g/mol. The Balaban J connectivity index is 1.41. The van der Waals surface area contributed by atoms with Crippen LogP contribution in [-0.4, -0.2) is 62.5 Å². The first-order valence-corrected chi connectivity index (χ1v) is 10.3. The zero-order chi connectivity index (χ0) is 14.6. The molecule has 0 bridgehead atoms. The summed E-state index contributed by atoms with van der Waals surface area (Å²) >= 11 is 2.20. The van der Waals surface area contributed by atoms with Crippen molar-refractivity contribution in [2.24, 2.45) is 16.7 Å². The van der Waals surface area contributed by atoms with Gasteiger partial charge in [-0.25, -0.2) is 0 Å². The highest BCUT2D eigenvalue weighted by Gasteiger charge is 2.59. The summed E-state index contributed by atoms with van der Waals surface area (Å²) in [6, 6.07) is 0.569. The number of ether oxygens (including phenoxy) is 1. The summed E-state index contributed by atoms with van der Waals surface area (Å²) in [5, 5.41) is 11.9. The fourth-order valence-electron chi connectivity index (χ4n) is 5.70. The van der Waals surface area contributed by atoms with E-state index in [0.29, 0.717) is 28.2 Å². The first-order chi connectivity index (χ1) is 10.8. The summed E-state index contributed by atoms with van der Waals surface area (Å²) in [6.07, 6.45) is 6.02. The van der Waals surface area contributed by atoms with Gasteiger partial charge in [-0.05, 0) is 54.7 Å². The van der Waals surface area contributed by atoms with Crippen LogP contribution in [0, 0.1) is 16.7 Å². The molecule has 3 N–H and O–H groups in total. The Morgan fingerprint density at radius 1 is 0.955 bits per heavy atom.